The second-order valence-electron chi connectivity index (χ2n) is 16.2. The molecule has 0 bridgehead atoms. The van der Waals surface area contributed by atoms with E-state index in [4.69, 9.17) is 0 Å². The fraction of sp³-hybridized carbons (Fsp3) is 0.0909. The average Bonchev–Trinajstić information content (AvgIpc) is 3.48. The van der Waals surface area contributed by atoms with Gasteiger partial charge >= 0.3 is 0 Å². The van der Waals surface area contributed by atoms with Gasteiger partial charge in [-0.3, -0.25) is 0 Å². The number of nitrogens with zero attached hydrogens (tertiary/aromatic N) is 2. The number of fused-ring (bicyclic) bond motifs is 7. The highest BCUT2D eigenvalue weighted by Crippen LogP contribution is 2.52. The van der Waals surface area contributed by atoms with Crippen LogP contribution in [0.5, 0.6) is 0 Å². The van der Waals surface area contributed by atoms with Gasteiger partial charge in [-0.15, -0.1) is 0 Å². The Morgan fingerprint density at radius 2 is 0.825 bits per heavy atom. The van der Waals surface area contributed by atoms with Crippen molar-refractivity contribution in [1.82, 2.24) is 0 Å². The van der Waals surface area contributed by atoms with E-state index in [0.717, 1.165) is 12.8 Å². The van der Waals surface area contributed by atoms with Crippen LogP contribution in [0, 0.1) is 0 Å². The summed E-state index contributed by atoms with van der Waals surface area (Å²) in [6.45, 7) is 4.76. The molecule has 3 aliphatic rings. The quantitative estimate of drug-likeness (QED) is 0.163. The van der Waals surface area contributed by atoms with Crippen LogP contribution in [0.25, 0.3) is 34.4 Å². The highest BCUT2D eigenvalue weighted by molar-refractivity contribution is 5.89. The Hall–Kier alpha value is -6.90. The van der Waals surface area contributed by atoms with Gasteiger partial charge in [0.1, 0.15) is 0 Å². The van der Waals surface area contributed by atoms with Crippen molar-refractivity contribution in [2.45, 2.75) is 32.1 Å². The van der Waals surface area contributed by atoms with Crippen LogP contribution in [0.4, 0.5) is 34.1 Å². The van der Waals surface area contributed by atoms with Gasteiger partial charge in [-0.2, -0.15) is 0 Å². The zero-order valence-corrected chi connectivity index (χ0v) is 32.3. The Balaban J connectivity index is 0.887. The molecule has 0 saturated carbocycles. The topological polar surface area (TPSA) is 6.48 Å². The summed E-state index contributed by atoms with van der Waals surface area (Å²) in [7, 11) is 0. The summed E-state index contributed by atoms with van der Waals surface area (Å²) in [4.78, 5) is 4.87. The van der Waals surface area contributed by atoms with Crippen molar-refractivity contribution in [2.75, 3.05) is 9.80 Å². The third kappa shape index (κ3) is 5.55. The fourth-order valence-electron chi connectivity index (χ4n) is 9.56. The molecule has 0 aromatic heterocycles. The minimum Gasteiger partial charge on any atom is -0.310 e. The Labute approximate surface area is 335 Å². The maximum atomic E-state index is 2.46. The van der Waals surface area contributed by atoms with Gasteiger partial charge in [0.05, 0.1) is 0 Å². The molecule has 2 nitrogen and oxygen atoms in total. The summed E-state index contributed by atoms with van der Waals surface area (Å²) in [6, 6.07) is 67.2. The minimum atomic E-state index is -0.139. The number of hydrogen-bond acceptors (Lipinski definition) is 2. The molecule has 2 heteroatoms. The van der Waals surface area contributed by atoms with E-state index in [1.165, 1.54) is 101 Å². The van der Waals surface area contributed by atoms with Crippen LogP contribution in [0.3, 0.4) is 0 Å². The summed E-state index contributed by atoms with van der Waals surface area (Å²) >= 11 is 0. The number of benzene rings is 8. The fourth-order valence-corrected chi connectivity index (χ4v) is 9.56. The molecule has 0 radical (unpaired) electrons. The summed E-state index contributed by atoms with van der Waals surface area (Å²) < 4.78 is 0. The first-order chi connectivity index (χ1) is 28.0. The van der Waals surface area contributed by atoms with Gasteiger partial charge in [0.25, 0.3) is 0 Å². The molecule has 57 heavy (non-hydrogen) atoms. The average molecular weight is 731 g/mol. The summed E-state index contributed by atoms with van der Waals surface area (Å²) in [5, 5.41) is 0. The van der Waals surface area contributed by atoms with Crippen molar-refractivity contribution in [3.63, 3.8) is 0 Å². The first-order valence-electron chi connectivity index (χ1n) is 20.1. The van der Waals surface area contributed by atoms with Crippen molar-refractivity contribution < 1.29 is 0 Å². The summed E-state index contributed by atoms with van der Waals surface area (Å²) in [5.74, 6) is 0. The van der Waals surface area contributed by atoms with Crippen molar-refractivity contribution in [3.8, 4) is 22.3 Å². The van der Waals surface area contributed by atoms with E-state index in [1.54, 1.807) is 0 Å². The lowest BCUT2D eigenvalue weighted by Crippen LogP contribution is -2.20. The monoisotopic (exact) mass is 730 g/mol. The smallest absolute Gasteiger partial charge is 0.0497 e. The number of para-hydroxylation sites is 4. The largest absolute Gasteiger partial charge is 0.310 e. The molecule has 0 spiro atoms. The van der Waals surface area contributed by atoms with Gasteiger partial charge in [-0.1, -0.05) is 153 Å². The molecule has 2 aliphatic heterocycles. The normalized spacial score (nSPS) is 14.4. The molecular formula is C55H42N2. The lowest BCUT2D eigenvalue weighted by molar-refractivity contribution is 0.660. The Morgan fingerprint density at radius 3 is 1.39 bits per heavy atom. The van der Waals surface area contributed by atoms with E-state index in [1.807, 2.05) is 0 Å². The van der Waals surface area contributed by atoms with Gasteiger partial charge in [-0.05, 0) is 121 Å². The van der Waals surface area contributed by atoms with E-state index < -0.39 is 0 Å². The number of hydrogen-bond donors (Lipinski definition) is 0. The first kappa shape index (κ1) is 33.4. The standard InChI is InChI=1S/C55H42N2/c1-55(2)49-32-38(27-29-47(49)48-30-28-46(36-50(48)55)57-53-23-9-5-16-43(53)34-44-17-6-10-24-54(44)57)26-25-37-13-11-18-39(31-37)40-19-12-20-45(35-40)56-51-21-7-3-14-41(51)33-42-15-4-8-22-52(42)56/h3-32,35-36H,33-34H2,1-2H3. The Bertz CT molecular complexity index is 2820. The molecular weight excluding hydrogens is 689 g/mol. The van der Waals surface area contributed by atoms with Gasteiger partial charge < -0.3 is 9.80 Å². The molecule has 8 aromatic carbocycles. The zero-order chi connectivity index (χ0) is 38.1. The second kappa shape index (κ2) is 13.1. The SMILES string of the molecule is CC1(C)c2cc(C=Cc3cccc(-c4cccc(N5c6ccccc6Cc6ccccc65)c4)c3)ccc2-c2ccc(N3c4ccccc4Cc4ccccc43)cc21. The van der Waals surface area contributed by atoms with Crippen LogP contribution in [0.15, 0.2) is 182 Å². The lowest BCUT2D eigenvalue weighted by Gasteiger charge is -2.34. The third-order valence-corrected chi connectivity index (χ3v) is 12.4. The van der Waals surface area contributed by atoms with E-state index in [2.05, 4.69) is 218 Å². The van der Waals surface area contributed by atoms with Crippen LogP contribution in [0.1, 0.15) is 58.4 Å². The van der Waals surface area contributed by atoms with Crippen molar-refractivity contribution in [3.05, 3.63) is 226 Å². The predicted molar refractivity (Wildman–Crippen MR) is 240 cm³/mol. The number of rotatable bonds is 5. The zero-order valence-electron chi connectivity index (χ0n) is 32.3. The third-order valence-electron chi connectivity index (χ3n) is 12.4. The predicted octanol–water partition coefficient (Wildman–Crippen LogP) is 14.6. The van der Waals surface area contributed by atoms with E-state index >= 15 is 0 Å². The van der Waals surface area contributed by atoms with Gasteiger partial charge in [-0.25, -0.2) is 0 Å². The number of anilines is 6. The van der Waals surface area contributed by atoms with Crippen LogP contribution in [-0.4, -0.2) is 0 Å². The lowest BCUT2D eigenvalue weighted by atomic mass is 9.81. The van der Waals surface area contributed by atoms with Crippen LogP contribution in [-0.2, 0) is 18.3 Å². The summed E-state index contributed by atoms with van der Waals surface area (Å²) in [5.41, 5.74) is 23.0. The van der Waals surface area contributed by atoms with Crippen molar-refractivity contribution in [2.24, 2.45) is 0 Å². The molecule has 0 N–H and O–H groups in total. The van der Waals surface area contributed by atoms with Crippen LogP contribution in [0.2, 0.25) is 0 Å². The molecule has 1 aliphatic carbocycles. The van der Waals surface area contributed by atoms with E-state index in [9.17, 15) is 0 Å². The van der Waals surface area contributed by atoms with Gasteiger partial charge in [0.15, 0.2) is 0 Å². The molecule has 8 aromatic rings. The molecule has 0 unspecified atom stereocenters. The maximum Gasteiger partial charge on any atom is 0.0497 e. The molecule has 0 atom stereocenters. The van der Waals surface area contributed by atoms with Crippen LogP contribution >= 0.6 is 0 Å². The molecule has 11 rings (SSSR count). The minimum absolute atomic E-state index is 0.139. The van der Waals surface area contributed by atoms with Crippen LogP contribution < -0.4 is 9.80 Å². The maximum absolute atomic E-state index is 2.46. The second-order valence-corrected chi connectivity index (χ2v) is 16.2. The molecule has 0 saturated heterocycles. The highest BCUT2D eigenvalue weighted by Gasteiger charge is 2.36. The van der Waals surface area contributed by atoms with Gasteiger partial charge in [0, 0.05) is 52.4 Å². The van der Waals surface area contributed by atoms with Gasteiger partial charge in [0.2, 0.25) is 0 Å². The Kier molecular flexibility index (Phi) is 7.69. The first-order valence-corrected chi connectivity index (χ1v) is 20.1. The molecule has 0 fully saturated rings. The molecule has 2 heterocycles. The Morgan fingerprint density at radius 1 is 0.386 bits per heavy atom. The highest BCUT2D eigenvalue weighted by atomic mass is 15.2. The van der Waals surface area contributed by atoms with E-state index in [0.29, 0.717) is 0 Å². The van der Waals surface area contributed by atoms with Crippen molar-refractivity contribution >= 4 is 46.3 Å². The molecule has 0 amide bonds. The summed E-state index contributed by atoms with van der Waals surface area (Å²) in [6.07, 6.45) is 6.44. The van der Waals surface area contributed by atoms with E-state index in [-0.39, 0.29) is 5.41 Å². The molecule has 272 valence electrons. The van der Waals surface area contributed by atoms with Crippen molar-refractivity contribution in [1.29, 1.82) is 0 Å².